The van der Waals surface area contributed by atoms with Crippen LogP contribution in [0.3, 0.4) is 0 Å². The summed E-state index contributed by atoms with van der Waals surface area (Å²) in [5.41, 5.74) is 4.84. The zero-order chi connectivity index (χ0) is 25.2. The van der Waals surface area contributed by atoms with Gasteiger partial charge < -0.3 is 5.32 Å². The largest absolute Gasteiger partial charge is 0.371 e. The molecule has 5 aromatic rings. The van der Waals surface area contributed by atoms with Gasteiger partial charge in [-0.3, -0.25) is 14.3 Å². The Morgan fingerprint density at radius 2 is 1.75 bits per heavy atom. The molecule has 6 nitrogen and oxygen atoms in total. The van der Waals surface area contributed by atoms with Crippen molar-refractivity contribution in [2.45, 2.75) is 26.8 Å². The highest BCUT2D eigenvalue weighted by Crippen LogP contribution is 2.31. The first-order valence-electron chi connectivity index (χ1n) is 11.7. The van der Waals surface area contributed by atoms with E-state index < -0.39 is 0 Å². The van der Waals surface area contributed by atoms with Gasteiger partial charge in [0, 0.05) is 17.6 Å². The molecule has 2 aromatic heterocycles. The smallest absolute Gasteiger partial charge is 0.263 e. The number of pyridine rings is 1. The van der Waals surface area contributed by atoms with Crippen molar-refractivity contribution in [3.63, 3.8) is 0 Å². The van der Waals surface area contributed by atoms with Gasteiger partial charge in [-0.1, -0.05) is 66.2 Å². The van der Waals surface area contributed by atoms with Gasteiger partial charge in [-0.05, 0) is 55.5 Å². The first-order chi connectivity index (χ1) is 17.5. The lowest BCUT2D eigenvalue weighted by atomic mass is 9.97. The van der Waals surface area contributed by atoms with E-state index in [0.29, 0.717) is 22.7 Å². The van der Waals surface area contributed by atoms with E-state index in [9.17, 15) is 4.79 Å². The maximum absolute atomic E-state index is 14.2. The number of para-hydroxylation sites is 1. The summed E-state index contributed by atoms with van der Waals surface area (Å²) in [6.07, 6.45) is 1.52. The predicted octanol–water partition coefficient (Wildman–Crippen LogP) is 6.79. The van der Waals surface area contributed by atoms with Crippen molar-refractivity contribution in [2.75, 3.05) is 5.32 Å². The molecule has 0 spiro atoms. The van der Waals surface area contributed by atoms with Crippen LogP contribution in [-0.2, 0) is 0 Å². The molecular formula is C30H25N5O. The van der Waals surface area contributed by atoms with Crippen LogP contribution in [0.15, 0.2) is 89.9 Å². The van der Waals surface area contributed by atoms with Crippen LogP contribution in [0.2, 0.25) is 0 Å². The van der Waals surface area contributed by atoms with E-state index in [1.807, 2.05) is 73.7 Å². The average Bonchev–Trinajstić information content (AvgIpc) is 2.89. The Labute approximate surface area is 209 Å². The lowest BCUT2D eigenvalue weighted by Gasteiger charge is -2.22. The van der Waals surface area contributed by atoms with Crippen LogP contribution in [0.4, 0.5) is 11.5 Å². The van der Waals surface area contributed by atoms with Gasteiger partial charge in [0.15, 0.2) is 0 Å². The van der Waals surface area contributed by atoms with Crippen molar-refractivity contribution in [3.8, 4) is 16.8 Å². The van der Waals surface area contributed by atoms with Gasteiger partial charge in [0.25, 0.3) is 5.56 Å². The number of nitrogens with one attached hydrogen (secondary N) is 1. The maximum atomic E-state index is 14.2. The van der Waals surface area contributed by atoms with Gasteiger partial charge in [-0.2, -0.15) is 0 Å². The van der Waals surface area contributed by atoms with Gasteiger partial charge >= 0.3 is 0 Å². The number of anilines is 1. The Balaban J connectivity index is 1.75. The van der Waals surface area contributed by atoms with Gasteiger partial charge in [0.1, 0.15) is 11.6 Å². The SMILES string of the molecule is [C-]#[N+]c1cnc(C)nc1N[C@@H](C)c1cc2cccc(-c3cccc(C)c3)c2c(=O)n1-c1ccccc1. The van der Waals surface area contributed by atoms with Crippen LogP contribution >= 0.6 is 0 Å². The highest BCUT2D eigenvalue weighted by Gasteiger charge is 2.20. The third-order valence-corrected chi connectivity index (χ3v) is 6.23. The van der Waals surface area contributed by atoms with E-state index in [1.54, 1.807) is 11.5 Å². The quantitative estimate of drug-likeness (QED) is 0.287. The lowest BCUT2D eigenvalue weighted by Crippen LogP contribution is -2.26. The Morgan fingerprint density at radius 1 is 0.972 bits per heavy atom. The fraction of sp³-hybridized carbons (Fsp3) is 0.133. The molecule has 0 radical (unpaired) electrons. The van der Waals surface area contributed by atoms with E-state index in [4.69, 9.17) is 6.57 Å². The van der Waals surface area contributed by atoms with Gasteiger partial charge in [-0.15, -0.1) is 0 Å². The van der Waals surface area contributed by atoms with Crippen molar-refractivity contribution in [2.24, 2.45) is 0 Å². The van der Waals surface area contributed by atoms with Crippen LogP contribution in [0.5, 0.6) is 0 Å². The second kappa shape index (κ2) is 9.47. The molecule has 6 heteroatoms. The zero-order valence-corrected chi connectivity index (χ0v) is 20.4. The minimum atomic E-state index is -0.320. The Hall–Kier alpha value is -4.76. The number of fused-ring (bicyclic) bond motifs is 1. The summed E-state index contributed by atoms with van der Waals surface area (Å²) < 4.78 is 1.75. The average molecular weight is 472 g/mol. The van der Waals surface area contributed by atoms with Gasteiger partial charge in [0.05, 0.1) is 18.0 Å². The second-order valence-electron chi connectivity index (χ2n) is 8.81. The molecule has 0 saturated carbocycles. The molecule has 1 N–H and O–H groups in total. The third-order valence-electron chi connectivity index (χ3n) is 6.23. The molecule has 1 atom stereocenters. The molecule has 3 aromatic carbocycles. The molecular weight excluding hydrogens is 446 g/mol. The number of benzene rings is 3. The van der Waals surface area contributed by atoms with Crippen LogP contribution < -0.4 is 10.9 Å². The highest BCUT2D eigenvalue weighted by atomic mass is 16.1. The van der Waals surface area contributed by atoms with Gasteiger partial charge in [0.2, 0.25) is 5.69 Å². The summed E-state index contributed by atoms with van der Waals surface area (Å²) in [6.45, 7) is 13.3. The number of rotatable bonds is 5. The Morgan fingerprint density at radius 3 is 2.50 bits per heavy atom. The van der Waals surface area contributed by atoms with E-state index in [-0.39, 0.29) is 11.6 Å². The molecule has 0 amide bonds. The molecule has 0 bridgehead atoms. The number of aromatic nitrogens is 3. The number of hydrogen-bond donors (Lipinski definition) is 1. The number of aryl methyl sites for hydroxylation is 2. The van der Waals surface area contributed by atoms with Crippen molar-refractivity contribution in [1.29, 1.82) is 0 Å². The lowest BCUT2D eigenvalue weighted by molar-refractivity contribution is 0.772. The molecule has 0 aliphatic rings. The summed E-state index contributed by atoms with van der Waals surface area (Å²) in [6, 6.07) is 25.5. The van der Waals surface area contributed by atoms with E-state index in [0.717, 1.165) is 33.5 Å². The molecule has 0 saturated heterocycles. The normalized spacial score (nSPS) is 11.7. The molecule has 0 fully saturated rings. The number of nitrogens with zero attached hydrogens (tertiary/aromatic N) is 4. The first kappa shape index (κ1) is 23.0. The maximum Gasteiger partial charge on any atom is 0.263 e. The fourth-order valence-corrected chi connectivity index (χ4v) is 4.53. The van der Waals surface area contributed by atoms with Crippen LogP contribution in [0.1, 0.15) is 30.0 Å². The predicted molar refractivity (Wildman–Crippen MR) is 145 cm³/mol. The molecule has 36 heavy (non-hydrogen) atoms. The standard InChI is InChI=1S/C30H25N5O/c1-19-10-8-11-22(16-19)25-15-9-12-23-17-27(20(2)33-29-26(31-4)18-32-21(3)34-29)35(30(36)28(23)25)24-13-6-5-7-14-24/h5-18,20H,1-3H3,(H,32,33,34)/t20-/m0/s1. The molecule has 176 valence electrons. The van der Waals surface area contributed by atoms with E-state index in [2.05, 4.69) is 39.2 Å². The summed E-state index contributed by atoms with van der Waals surface area (Å²) in [5, 5.41) is 4.88. The van der Waals surface area contributed by atoms with Crippen LogP contribution in [-0.4, -0.2) is 14.5 Å². The summed E-state index contributed by atoms with van der Waals surface area (Å²) in [5.74, 6) is 1.02. The summed E-state index contributed by atoms with van der Waals surface area (Å²) in [4.78, 5) is 26.3. The molecule has 0 aliphatic heterocycles. The first-order valence-corrected chi connectivity index (χ1v) is 11.7. The molecule has 0 aliphatic carbocycles. The topological polar surface area (TPSA) is 64.2 Å². The van der Waals surface area contributed by atoms with Crippen molar-refractivity contribution >= 4 is 22.3 Å². The Kier molecular flexibility index (Phi) is 6.05. The molecule has 5 rings (SSSR count). The Bertz CT molecular complexity index is 1680. The minimum Gasteiger partial charge on any atom is -0.371 e. The van der Waals surface area contributed by atoms with Crippen LogP contribution in [0.25, 0.3) is 32.4 Å². The van der Waals surface area contributed by atoms with E-state index in [1.165, 1.54) is 6.20 Å². The van der Waals surface area contributed by atoms with Crippen LogP contribution in [0, 0.1) is 20.4 Å². The third kappa shape index (κ3) is 4.23. The number of hydrogen-bond acceptors (Lipinski definition) is 4. The van der Waals surface area contributed by atoms with E-state index >= 15 is 0 Å². The molecule has 2 heterocycles. The summed E-state index contributed by atoms with van der Waals surface area (Å²) in [7, 11) is 0. The van der Waals surface area contributed by atoms with Gasteiger partial charge in [-0.25, -0.2) is 9.83 Å². The molecule has 0 unspecified atom stereocenters. The highest BCUT2D eigenvalue weighted by molar-refractivity contribution is 5.96. The fourth-order valence-electron chi connectivity index (χ4n) is 4.53. The summed E-state index contributed by atoms with van der Waals surface area (Å²) >= 11 is 0. The van der Waals surface area contributed by atoms with Crippen molar-refractivity contribution < 1.29 is 0 Å². The minimum absolute atomic E-state index is 0.0938. The zero-order valence-electron chi connectivity index (χ0n) is 20.4. The monoisotopic (exact) mass is 471 g/mol. The van der Waals surface area contributed by atoms with Crippen molar-refractivity contribution in [1.82, 2.24) is 14.5 Å². The second-order valence-corrected chi connectivity index (χ2v) is 8.81. The van der Waals surface area contributed by atoms with Crippen molar-refractivity contribution in [3.05, 3.63) is 124 Å².